The summed E-state index contributed by atoms with van der Waals surface area (Å²) in [5.41, 5.74) is -2.94. The molecule has 0 radical (unpaired) electrons. The van der Waals surface area contributed by atoms with Crippen LogP contribution in [-0.4, -0.2) is 10.0 Å². The van der Waals surface area contributed by atoms with E-state index in [0.717, 1.165) is 18.2 Å². The van der Waals surface area contributed by atoms with E-state index in [9.17, 15) is 23.3 Å². The smallest absolute Gasteiger partial charge is 0.392 e. The first-order valence-corrected chi connectivity index (χ1v) is 3.82. The van der Waals surface area contributed by atoms with Crippen LogP contribution in [0.1, 0.15) is 11.1 Å². The summed E-state index contributed by atoms with van der Waals surface area (Å²) in [5, 5.41) is 19.0. The van der Waals surface area contributed by atoms with Crippen molar-refractivity contribution in [2.45, 2.75) is 12.8 Å². The van der Waals surface area contributed by atoms with Crippen molar-refractivity contribution in [3.63, 3.8) is 0 Å². The maximum Gasteiger partial charge on any atom is 0.423 e. The summed E-state index contributed by atoms with van der Waals surface area (Å²) in [4.78, 5) is 9.24. The van der Waals surface area contributed by atoms with E-state index in [4.69, 9.17) is 5.11 Å². The Kier molecular flexibility index (Phi) is 2.94. The zero-order chi connectivity index (χ0) is 11.6. The Bertz CT molecular complexity index is 389. The molecule has 0 spiro atoms. The van der Waals surface area contributed by atoms with Gasteiger partial charge in [-0.3, -0.25) is 10.1 Å². The van der Waals surface area contributed by atoms with Crippen LogP contribution in [0.3, 0.4) is 0 Å². The van der Waals surface area contributed by atoms with Gasteiger partial charge >= 0.3 is 6.18 Å². The molecule has 1 rings (SSSR count). The monoisotopic (exact) mass is 221 g/mol. The van der Waals surface area contributed by atoms with Gasteiger partial charge in [0.2, 0.25) is 0 Å². The summed E-state index contributed by atoms with van der Waals surface area (Å²) in [6.45, 7) is -0.892. The second-order valence-corrected chi connectivity index (χ2v) is 2.72. The second-order valence-electron chi connectivity index (χ2n) is 2.72. The minimum absolute atomic E-state index is 0.503. The fourth-order valence-corrected chi connectivity index (χ4v) is 1.20. The summed E-state index contributed by atoms with van der Waals surface area (Å²) >= 11 is 0. The molecule has 7 heteroatoms. The van der Waals surface area contributed by atoms with Gasteiger partial charge < -0.3 is 5.11 Å². The molecule has 0 saturated heterocycles. The Labute approximate surface area is 82.1 Å². The van der Waals surface area contributed by atoms with Crippen molar-refractivity contribution >= 4 is 5.69 Å². The average molecular weight is 221 g/mol. The van der Waals surface area contributed by atoms with Gasteiger partial charge in [-0.2, -0.15) is 13.2 Å². The number of nitro groups is 1. The van der Waals surface area contributed by atoms with Gasteiger partial charge in [0, 0.05) is 6.07 Å². The molecular weight excluding hydrogens is 215 g/mol. The third-order valence-corrected chi connectivity index (χ3v) is 1.78. The van der Waals surface area contributed by atoms with E-state index >= 15 is 0 Å². The largest absolute Gasteiger partial charge is 0.423 e. The highest BCUT2D eigenvalue weighted by atomic mass is 19.4. The lowest BCUT2D eigenvalue weighted by Gasteiger charge is -2.10. The van der Waals surface area contributed by atoms with E-state index in [-0.39, 0.29) is 0 Å². The van der Waals surface area contributed by atoms with Crippen LogP contribution in [0, 0.1) is 10.1 Å². The van der Waals surface area contributed by atoms with E-state index in [2.05, 4.69) is 0 Å². The Morgan fingerprint density at radius 2 is 2.00 bits per heavy atom. The van der Waals surface area contributed by atoms with Gasteiger partial charge in [-0.15, -0.1) is 0 Å². The van der Waals surface area contributed by atoms with Gasteiger partial charge in [0.1, 0.15) is 5.56 Å². The summed E-state index contributed by atoms with van der Waals surface area (Å²) in [5.74, 6) is 0. The molecule has 0 aliphatic rings. The lowest BCUT2D eigenvalue weighted by Crippen LogP contribution is -2.12. The summed E-state index contributed by atoms with van der Waals surface area (Å²) in [6.07, 6.45) is -4.85. The van der Waals surface area contributed by atoms with Crippen LogP contribution in [0.2, 0.25) is 0 Å². The molecule has 0 aliphatic carbocycles. The van der Waals surface area contributed by atoms with Crippen LogP contribution in [0.25, 0.3) is 0 Å². The Morgan fingerprint density at radius 1 is 1.40 bits per heavy atom. The highest BCUT2D eigenvalue weighted by molar-refractivity contribution is 5.47. The molecule has 4 nitrogen and oxygen atoms in total. The molecule has 0 saturated carbocycles. The highest BCUT2D eigenvalue weighted by Crippen LogP contribution is 2.38. The topological polar surface area (TPSA) is 63.4 Å². The van der Waals surface area contributed by atoms with Crippen LogP contribution < -0.4 is 0 Å². The number of rotatable bonds is 2. The maximum atomic E-state index is 12.4. The Hall–Kier alpha value is -1.63. The molecule has 15 heavy (non-hydrogen) atoms. The van der Waals surface area contributed by atoms with Gasteiger partial charge in [-0.25, -0.2) is 0 Å². The quantitative estimate of drug-likeness (QED) is 0.614. The number of hydrogen-bond donors (Lipinski definition) is 1. The fourth-order valence-electron chi connectivity index (χ4n) is 1.20. The number of nitro benzene ring substituents is 1. The Balaban J connectivity index is 3.47. The first-order valence-electron chi connectivity index (χ1n) is 3.82. The van der Waals surface area contributed by atoms with E-state index in [1.165, 1.54) is 0 Å². The van der Waals surface area contributed by atoms with Gasteiger partial charge in [0.15, 0.2) is 0 Å². The van der Waals surface area contributed by atoms with Crippen LogP contribution in [0.4, 0.5) is 18.9 Å². The molecule has 0 atom stereocenters. The molecule has 82 valence electrons. The number of benzene rings is 1. The maximum absolute atomic E-state index is 12.4. The molecule has 1 N–H and O–H groups in total. The van der Waals surface area contributed by atoms with Crippen molar-refractivity contribution < 1.29 is 23.2 Å². The number of nitrogens with zero attached hydrogens (tertiary/aromatic N) is 1. The summed E-state index contributed by atoms with van der Waals surface area (Å²) < 4.78 is 37.3. The van der Waals surface area contributed by atoms with Gasteiger partial charge in [0.05, 0.1) is 11.5 Å². The van der Waals surface area contributed by atoms with Crippen LogP contribution in [0.15, 0.2) is 18.2 Å². The molecule has 1 aromatic carbocycles. The minimum atomic E-state index is -4.85. The SMILES string of the molecule is O=[N+]([O-])c1cccc(CO)c1C(F)(F)F. The zero-order valence-electron chi connectivity index (χ0n) is 7.28. The van der Waals surface area contributed by atoms with Gasteiger partial charge in [-0.05, 0) is 5.56 Å². The van der Waals surface area contributed by atoms with E-state index in [1.54, 1.807) is 0 Å². The van der Waals surface area contributed by atoms with Crippen LogP contribution >= 0.6 is 0 Å². The molecule has 0 aromatic heterocycles. The number of aliphatic hydroxyl groups is 1. The van der Waals surface area contributed by atoms with E-state index in [1.807, 2.05) is 0 Å². The van der Waals surface area contributed by atoms with Crippen molar-refractivity contribution in [1.29, 1.82) is 0 Å². The summed E-state index contributed by atoms with van der Waals surface area (Å²) in [6, 6.07) is 2.84. The van der Waals surface area contributed by atoms with Crippen molar-refractivity contribution in [3.05, 3.63) is 39.4 Å². The normalized spacial score (nSPS) is 11.5. The minimum Gasteiger partial charge on any atom is -0.392 e. The molecule has 1 aromatic rings. The first-order chi connectivity index (χ1) is 6.88. The molecule has 0 unspecified atom stereocenters. The van der Waals surface area contributed by atoms with Crippen molar-refractivity contribution in [3.8, 4) is 0 Å². The van der Waals surface area contributed by atoms with Gasteiger partial charge in [-0.1, -0.05) is 12.1 Å². The lowest BCUT2D eigenvalue weighted by atomic mass is 10.1. The molecule has 0 bridgehead atoms. The predicted molar refractivity (Wildman–Crippen MR) is 44.0 cm³/mol. The number of halogens is 3. The molecule has 0 fully saturated rings. The second kappa shape index (κ2) is 3.85. The number of hydrogen-bond acceptors (Lipinski definition) is 3. The average Bonchev–Trinajstić information content (AvgIpc) is 2.15. The number of aliphatic hydroxyl groups excluding tert-OH is 1. The van der Waals surface area contributed by atoms with Crippen LogP contribution in [-0.2, 0) is 12.8 Å². The van der Waals surface area contributed by atoms with Gasteiger partial charge in [0.25, 0.3) is 5.69 Å². The predicted octanol–water partition coefficient (Wildman–Crippen LogP) is 2.11. The molecular formula is C8H6F3NO3. The number of alkyl halides is 3. The summed E-state index contributed by atoms with van der Waals surface area (Å²) in [7, 11) is 0. The third kappa shape index (κ3) is 2.24. The Morgan fingerprint density at radius 3 is 2.40 bits per heavy atom. The van der Waals surface area contributed by atoms with Crippen molar-refractivity contribution in [1.82, 2.24) is 0 Å². The lowest BCUT2D eigenvalue weighted by molar-refractivity contribution is -0.388. The fraction of sp³-hybridized carbons (Fsp3) is 0.250. The zero-order valence-corrected chi connectivity index (χ0v) is 7.28. The van der Waals surface area contributed by atoms with Crippen LogP contribution in [0.5, 0.6) is 0 Å². The standard InChI is InChI=1S/C8H6F3NO3/c9-8(10,11)7-5(4-13)2-1-3-6(7)12(14)15/h1-3,13H,4H2. The molecule has 0 amide bonds. The molecule has 0 aliphatic heterocycles. The van der Waals surface area contributed by atoms with Crippen molar-refractivity contribution in [2.75, 3.05) is 0 Å². The van der Waals surface area contributed by atoms with E-state index in [0.29, 0.717) is 0 Å². The third-order valence-electron chi connectivity index (χ3n) is 1.78. The highest BCUT2D eigenvalue weighted by Gasteiger charge is 2.40. The molecule has 0 heterocycles. The first kappa shape index (κ1) is 11.4. The van der Waals surface area contributed by atoms with E-state index < -0.39 is 34.5 Å². The van der Waals surface area contributed by atoms with Crippen molar-refractivity contribution in [2.24, 2.45) is 0 Å².